The quantitative estimate of drug-likeness (QED) is 0.0748. The predicted octanol–water partition coefficient (Wildman–Crippen LogP) is 6.65. The number of hydrogen-bond donors (Lipinski definition) is 0. The molecule has 0 unspecified atom stereocenters. The molecule has 0 spiro atoms. The Bertz CT molecular complexity index is 1400. The summed E-state index contributed by atoms with van der Waals surface area (Å²) in [5, 5.41) is 0. The van der Waals surface area contributed by atoms with Crippen molar-refractivity contribution in [1.29, 1.82) is 0 Å². The third-order valence-electron chi connectivity index (χ3n) is 6.17. The maximum atomic E-state index is 12.3. The fourth-order valence-electron chi connectivity index (χ4n) is 4.11. The molecule has 0 aliphatic heterocycles. The van der Waals surface area contributed by atoms with Crippen LogP contribution < -0.4 is 28.4 Å². The van der Waals surface area contributed by atoms with Crippen LogP contribution in [0.1, 0.15) is 31.8 Å². The van der Waals surface area contributed by atoms with Crippen molar-refractivity contribution in [3.8, 4) is 34.5 Å². The normalized spacial score (nSPS) is 10.4. The zero-order chi connectivity index (χ0) is 30.5. The van der Waals surface area contributed by atoms with Crippen molar-refractivity contribution in [2.75, 3.05) is 42.7 Å². The van der Waals surface area contributed by atoms with Gasteiger partial charge in [0.15, 0.2) is 23.0 Å². The Kier molecular flexibility index (Phi) is 13.9. The molecule has 0 aromatic heterocycles. The molecule has 4 rings (SSSR count). The summed E-state index contributed by atoms with van der Waals surface area (Å²) in [7, 11) is 9.08. The monoisotopic (exact) mass is 626 g/mol. The van der Waals surface area contributed by atoms with Crippen molar-refractivity contribution in [3.63, 3.8) is 0 Å². The molecule has 0 aliphatic carbocycles. The molecule has 8 nitrogen and oxygen atoms in total. The van der Waals surface area contributed by atoms with Crippen LogP contribution in [0, 0.1) is 0 Å². The Balaban J connectivity index is 0.000000293. The van der Waals surface area contributed by atoms with Gasteiger partial charge in [-0.15, -0.1) is 47.5 Å². The van der Waals surface area contributed by atoms with Gasteiger partial charge >= 0.3 is 17.1 Å². The van der Waals surface area contributed by atoms with Crippen LogP contribution >= 0.6 is 0 Å². The van der Waals surface area contributed by atoms with E-state index in [9.17, 15) is 9.59 Å². The number of ether oxygens (including phenoxy) is 6. The molecule has 0 saturated heterocycles. The summed E-state index contributed by atoms with van der Waals surface area (Å²) in [6.07, 6.45) is 6.55. The number of carbonyl (C=O) groups is 2. The van der Waals surface area contributed by atoms with E-state index in [1.165, 1.54) is 54.8 Å². The molecule has 0 radical (unpaired) electrons. The van der Waals surface area contributed by atoms with Gasteiger partial charge in [-0.05, 0) is 24.3 Å². The second-order valence-electron chi connectivity index (χ2n) is 8.60. The molecule has 0 heterocycles. The van der Waals surface area contributed by atoms with Crippen LogP contribution in [0.15, 0.2) is 84.9 Å². The van der Waals surface area contributed by atoms with Crippen LogP contribution in [0.4, 0.5) is 0 Å². The number of ketones is 2. The van der Waals surface area contributed by atoms with Crippen molar-refractivity contribution in [2.24, 2.45) is 0 Å². The zero-order valence-corrected chi connectivity index (χ0v) is 26.0. The summed E-state index contributed by atoms with van der Waals surface area (Å²) in [6.45, 7) is 0. The maximum Gasteiger partial charge on any atom is 2.00 e. The second-order valence-corrected chi connectivity index (χ2v) is 8.60. The van der Waals surface area contributed by atoms with Gasteiger partial charge < -0.3 is 38.0 Å². The second kappa shape index (κ2) is 17.3. The molecular weight excluding hydrogens is 592 g/mol. The largest absolute Gasteiger partial charge is 2.00 e. The summed E-state index contributed by atoms with van der Waals surface area (Å²) >= 11 is 0. The minimum Gasteiger partial charge on any atom is -0.493 e. The molecule has 9 heteroatoms. The summed E-state index contributed by atoms with van der Waals surface area (Å²) in [6, 6.07) is 22.1. The molecule has 226 valence electrons. The number of hydrogen-bond acceptors (Lipinski definition) is 8. The van der Waals surface area contributed by atoms with Gasteiger partial charge in [0.2, 0.25) is 11.5 Å². The number of benzene rings is 2. The molecule has 43 heavy (non-hydrogen) atoms. The zero-order valence-electron chi connectivity index (χ0n) is 24.9. The number of rotatable bonds is 12. The van der Waals surface area contributed by atoms with Crippen LogP contribution in [-0.4, -0.2) is 54.2 Å². The van der Waals surface area contributed by atoms with Crippen molar-refractivity contribution in [3.05, 3.63) is 107 Å². The SMILES string of the molecule is COc1ccc(C(=O)/C=C/[c-]2cccc2)c(OC)c1OC.COc1ccc(C(=O)/C=C/[c-]2cccc2)c(OC)c1OC.[Fe+2]. The Morgan fingerprint density at radius 2 is 0.837 bits per heavy atom. The molecule has 4 aromatic rings. The van der Waals surface area contributed by atoms with Gasteiger partial charge in [0, 0.05) is 0 Å². The Morgan fingerprint density at radius 3 is 1.12 bits per heavy atom. The average Bonchev–Trinajstić information content (AvgIpc) is 3.76. The van der Waals surface area contributed by atoms with E-state index in [-0.39, 0.29) is 28.6 Å². The topological polar surface area (TPSA) is 89.5 Å². The van der Waals surface area contributed by atoms with Gasteiger partial charge in [0.1, 0.15) is 11.6 Å². The Hall–Kier alpha value is -4.72. The van der Waals surface area contributed by atoms with E-state index in [2.05, 4.69) is 0 Å². The first kappa shape index (κ1) is 34.5. The van der Waals surface area contributed by atoms with Crippen LogP contribution in [-0.2, 0) is 17.1 Å². The Morgan fingerprint density at radius 1 is 0.512 bits per heavy atom. The summed E-state index contributed by atoms with van der Waals surface area (Å²) in [4.78, 5) is 24.6. The van der Waals surface area contributed by atoms with Gasteiger partial charge in [0.05, 0.1) is 53.8 Å². The van der Waals surface area contributed by atoms with Gasteiger partial charge in [-0.1, -0.05) is 12.2 Å². The van der Waals surface area contributed by atoms with Gasteiger partial charge in [-0.2, -0.15) is 24.3 Å². The summed E-state index contributed by atoms with van der Waals surface area (Å²) in [5.41, 5.74) is 2.81. The fraction of sp³-hybridized carbons (Fsp3) is 0.176. The van der Waals surface area contributed by atoms with Gasteiger partial charge in [-0.25, -0.2) is 0 Å². The van der Waals surface area contributed by atoms with Gasteiger partial charge in [0.25, 0.3) is 0 Å². The molecule has 0 fully saturated rings. The van der Waals surface area contributed by atoms with E-state index < -0.39 is 0 Å². The van der Waals surface area contributed by atoms with Crippen molar-refractivity contribution < 1.29 is 55.1 Å². The molecule has 0 aliphatic rings. The molecule has 0 saturated carbocycles. The smallest absolute Gasteiger partial charge is 0.493 e. The standard InChI is InChI=1S/2C17H17O4.Fe/c2*1-19-15-11-9-13(16(20-2)17(15)21-3)14(18)10-8-12-6-4-5-7-12;/h2*4-11H,1-3H3;/q2*-1;+2/b2*10-8+;. The maximum absolute atomic E-state index is 12.3. The van der Waals surface area contributed by atoms with Crippen LogP contribution in [0.25, 0.3) is 12.2 Å². The van der Waals surface area contributed by atoms with Gasteiger partial charge in [-0.3, -0.25) is 0 Å². The third kappa shape index (κ3) is 8.64. The van der Waals surface area contributed by atoms with Crippen LogP contribution in [0.2, 0.25) is 0 Å². The van der Waals surface area contributed by atoms with Crippen molar-refractivity contribution in [1.82, 2.24) is 0 Å². The molecule has 0 N–H and O–H groups in total. The number of carbonyl (C=O) groups excluding carboxylic acids is 2. The number of allylic oxidation sites excluding steroid dienone is 2. The average molecular weight is 626 g/mol. The molecule has 4 aromatic carbocycles. The summed E-state index contributed by atoms with van der Waals surface area (Å²) in [5.74, 6) is 2.28. The fourth-order valence-corrected chi connectivity index (χ4v) is 4.11. The minimum absolute atomic E-state index is 0. The van der Waals surface area contributed by atoms with Crippen LogP contribution in [0.5, 0.6) is 34.5 Å². The van der Waals surface area contributed by atoms with E-state index in [0.29, 0.717) is 45.6 Å². The van der Waals surface area contributed by atoms with Crippen molar-refractivity contribution in [2.45, 2.75) is 0 Å². The molecule has 0 amide bonds. The van der Waals surface area contributed by atoms with E-state index >= 15 is 0 Å². The number of methoxy groups -OCH3 is 6. The van der Waals surface area contributed by atoms with Crippen molar-refractivity contribution >= 4 is 23.7 Å². The molecule has 0 atom stereocenters. The minimum atomic E-state index is -0.158. The van der Waals surface area contributed by atoms with E-state index in [4.69, 9.17) is 28.4 Å². The van der Waals surface area contributed by atoms with Crippen LogP contribution in [0.3, 0.4) is 0 Å². The first-order valence-corrected chi connectivity index (χ1v) is 12.9. The van der Waals surface area contributed by atoms with E-state index in [0.717, 1.165) is 11.1 Å². The first-order valence-electron chi connectivity index (χ1n) is 12.9. The molecule has 0 bridgehead atoms. The third-order valence-corrected chi connectivity index (χ3v) is 6.17. The Labute approximate surface area is 262 Å². The van der Waals surface area contributed by atoms with E-state index in [1.54, 1.807) is 36.4 Å². The predicted molar refractivity (Wildman–Crippen MR) is 163 cm³/mol. The molecular formula is C34H34FeO8. The summed E-state index contributed by atoms with van der Waals surface area (Å²) < 4.78 is 31.6. The first-order chi connectivity index (χ1) is 20.4. The van der Waals surface area contributed by atoms with E-state index in [1.807, 2.05) is 48.5 Å².